The third-order valence-electron chi connectivity index (χ3n) is 3.15. The molecule has 0 aliphatic rings. The number of hydrogen-bond donors (Lipinski definition) is 2. The third-order valence-corrected chi connectivity index (χ3v) is 3.15. The fourth-order valence-electron chi connectivity index (χ4n) is 1.95. The highest BCUT2D eigenvalue weighted by Crippen LogP contribution is 2.12. The van der Waals surface area contributed by atoms with E-state index in [1.807, 2.05) is 19.2 Å². The predicted octanol–water partition coefficient (Wildman–Crippen LogP) is 1.14. The average molecular weight is 293 g/mol. The number of primary amides is 1. The first-order chi connectivity index (χ1) is 10.0. The molecular formula is C15H23N3O3. The molecule has 6 heteroatoms. The fourth-order valence-corrected chi connectivity index (χ4v) is 1.95. The van der Waals surface area contributed by atoms with Gasteiger partial charge < -0.3 is 15.4 Å². The Morgan fingerprint density at radius 2 is 1.90 bits per heavy atom. The second-order valence-electron chi connectivity index (χ2n) is 4.92. The predicted molar refractivity (Wildman–Crippen MR) is 81.2 cm³/mol. The van der Waals surface area contributed by atoms with E-state index in [0.29, 0.717) is 6.54 Å². The molecule has 0 saturated heterocycles. The molecule has 6 nitrogen and oxygen atoms in total. The van der Waals surface area contributed by atoms with E-state index in [0.717, 1.165) is 25.1 Å². The van der Waals surface area contributed by atoms with Crippen LogP contribution in [0.5, 0.6) is 5.75 Å². The number of urea groups is 1. The Balaban J connectivity index is 2.19. The second kappa shape index (κ2) is 8.97. The number of hydrogen-bond acceptors (Lipinski definition) is 4. The first-order valence-electron chi connectivity index (χ1n) is 6.92. The van der Waals surface area contributed by atoms with Gasteiger partial charge in [-0.1, -0.05) is 12.1 Å². The van der Waals surface area contributed by atoms with E-state index in [1.54, 1.807) is 7.11 Å². The molecule has 116 valence electrons. The van der Waals surface area contributed by atoms with Crippen molar-refractivity contribution in [3.8, 4) is 5.75 Å². The topological polar surface area (TPSA) is 84.7 Å². The van der Waals surface area contributed by atoms with Crippen molar-refractivity contribution in [1.82, 2.24) is 10.2 Å². The van der Waals surface area contributed by atoms with Gasteiger partial charge in [0.15, 0.2) is 0 Å². The molecule has 0 aliphatic carbocycles. The minimum absolute atomic E-state index is 0.266. The Kier molecular flexibility index (Phi) is 7.25. The van der Waals surface area contributed by atoms with Crippen molar-refractivity contribution in [1.29, 1.82) is 0 Å². The zero-order valence-corrected chi connectivity index (χ0v) is 12.6. The molecule has 0 spiro atoms. The monoisotopic (exact) mass is 293 g/mol. The lowest BCUT2D eigenvalue weighted by atomic mass is 10.1. The zero-order valence-electron chi connectivity index (χ0n) is 12.6. The smallest absolute Gasteiger partial charge is 0.318 e. The Labute approximate surface area is 125 Å². The fraction of sp³-hybridized carbons (Fsp3) is 0.467. The SMILES string of the molecule is COc1ccc(CCCN(C)CCC(=O)NC(N)=O)cc1. The summed E-state index contributed by atoms with van der Waals surface area (Å²) >= 11 is 0. The van der Waals surface area contributed by atoms with Gasteiger partial charge in [-0.05, 0) is 44.1 Å². The minimum atomic E-state index is -0.804. The lowest BCUT2D eigenvalue weighted by Crippen LogP contribution is -2.36. The average Bonchev–Trinajstić information content (AvgIpc) is 2.45. The maximum absolute atomic E-state index is 11.3. The summed E-state index contributed by atoms with van der Waals surface area (Å²) in [5.41, 5.74) is 6.13. The quantitative estimate of drug-likeness (QED) is 0.753. The molecular weight excluding hydrogens is 270 g/mol. The molecule has 0 fully saturated rings. The van der Waals surface area contributed by atoms with E-state index in [9.17, 15) is 9.59 Å². The van der Waals surface area contributed by atoms with Crippen molar-refractivity contribution >= 4 is 11.9 Å². The van der Waals surface area contributed by atoms with Crippen molar-refractivity contribution < 1.29 is 14.3 Å². The number of ether oxygens (including phenoxy) is 1. The van der Waals surface area contributed by atoms with Crippen molar-refractivity contribution in [2.75, 3.05) is 27.2 Å². The summed E-state index contributed by atoms with van der Waals surface area (Å²) in [6.45, 7) is 1.48. The van der Waals surface area contributed by atoms with Gasteiger partial charge >= 0.3 is 6.03 Å². The number of methoxy groups -OCH3 is 1. The lowest BCUT2D eigenvalue weighted by Gasteiger charge is -2.15. The van der Waals surface area contributed by atoms with Gasteiger partial charge in [0, 0.05) is 13.0 Å². The van der Waals surface area contributed by atoms with Crippen LogP contribution in [-0.2, 0) is 11.2 Å². The number of nitrogens with two attached hydrogens (primary N) is 1. The summed E-state index contributed by atoms with van der Waals surface area (Å²) in [5, 5.41) is 2.05. The van der Waals surface area contributed by atoms with Gasteiger partial charge in [-0.3, -0.25) is 10.1 Å². The molecule has 0 heterocycles. The standard InChI is InChI=1S/C15H23N3O3/c1-18(11-9-14(19)17-15(16)20)10-3-4-12-5-7-13(21-2)8-6-12/h5-8H,3-4,9-11H2,1-2H3,(H3,16,17,19,20). The number of carbonyl (C=O) groups excluding carboxylic acids is 2. The Hall–Kier alpha value is -2.08. The van der Waals surface area contributed by atoms with Crippen LogP contribution in [0, 0.1) is 0 Å². The summed E-state index contributed by atoms with van der Waals surface area (Å²) in [4.78, 5) is 23.8. The first-order valence-corrected chi connectivity index (χ1v) is 6.92. The van der Waals surface area contributed by atoms with E-state index >= 15 is 0 Å². The molecule has 1 aromatic carbocycles. The van der Waals surface area contributed by atoms with E-state index in [1.165, 1.54) is 5.56 Å². The number of aryl methyl sites for hydroxylation is 1. The van der Waals surface area contributed by atoms with Crippen molar-refractivity contribution in [3.63, 3.8) is 0 Å². The van der Waals surface area contributed by atoms with Gasteiger partial charge in [0.25, 0.3) is 0 Å². The zero-order chi connectivity index (χ0) is 15.7. The number of amides is 3. The van der Waals surface area contributed by atoms with E-state index in [2.05, 4.69) is 22.3 Å². The summed E-state index contributed by atoms with van der Waals surface area (Å²) in [6.07, 6.45) is 2.24. The van der Waals surface area contributed by atoms with Gasteiger partial charge in [-0.2, -0.15) is 0 Å². The summed E-state index contributed by atoms with van der Waals surface area (Å²) in [7, 11) is 3.60. The van der Waals surface area contributed by atoms with Gasteiger partial charge in [0.2, 0.25) is 5.91 Å². The number of nitrogens with zero attached hydrogens (tertiary/aromatic N) is 1. The molecule has 0 aliphatic heterocycles. The molecule has 0 aromatic heterocycles. The van der Waals surface area contributed by atoms with Crippen LogP contribution in [0.4, 0.5) is 4.79 Å². The number of benzene rings is 1. The highest BCUT2D eigenvalue weighted by atomic mass is 16.5. The molecule has 1 aromatic rings. The normalized spacial score (nSPS) is 10.4. The summed E-state index contributed by atoms with van der Waals surface area (Å²) in [5.74, 6) is 0.515. The Morgan fingerprint density at radius 1 is 1.24 bits per heavy atom. The molecule has 1 rings (SSSR count). The van der Waals surface area contributed by atoms with Crippen LogP contribution in [0.1, 0.15) is 18.4 Å². The molecule has 0 atom stereocenters. The molecule has 0 unspecified atom stereocenters. The molecule has 3 N–H and O–H groups in total. The lowest BCUT2D eigenvalue weighted by molar-refractivity contribution is -0.120. The van der Waals surface area contributed by atoms with Crippen LogP contribution in [0.2, 0.25) is 0 Å². The van der Waals surface area contributed by atoms with Crippen LogP contribution in [0.25, 0.3) is 0 Å². The molecule has 0 bridgehead atoms. The van der Waals surface area contributed by atoms with Crippen molar-refractivity contribution in [2.24, 2.45) is 5.73 Å². The maximum Gasteiger partial charge on any atom is 0.318 e. The summed E-state index contributed by atoms with van der Waals surface area (Å²) < 4.78 is 5.11. The number of nitrogens with one attached hydrogen (secondary N) is 1. The van der Waals surface area contributed by atoms with Crippen LogP contribution in [-0.4, -0.2) is 44.1 Å². The number of rotatable bonds is 8. The van der Waals surface area contributed by atoms with Crippen LogP contribution >= 0.6 is 0 Å². The van der Waals surface area contributed by atoms with E-state index in [-0.39, 0.29) is 12.3 Å². The maximum atomic E-state index is 11.3. The summed E-state index contributed by atoms with van der Waals surface area (Å²) in [6, 6.07) is 7.21. The number of imide groups is 1. The van der Waals surface area contributed by atoms with Crippen LogP contribution in [0.15, 0.2) is 24.3 Å². The second-order valence-corrected chi connectivity index (χ2v) is 4.92. The van der Waals surface area contributed by atoms with Gasteiger partial charge in [-0.25, -0.2) is 4.79 Å². The third kappa shape index (κ3) is 7.31. The van der Waals surface area contributed by atoms with Gasteiger partial charge in [0.05, 0.1) is 7.11 Å². The first kappa shape index (κ1) is 17.0. The largest absolute Gasteiger partial charge is 0.497 e. The van der Waals surface area contributed by atoms with Gasteiger partial charge in [0.1, 0.15) is 5.75 Å². The van der Waals surface area contributed by atoms with E-state index < -0.39 is 6.03 Å². The molecule has 0 radical (unpaired) electrons. The minimum Gasteiger partial charge on any atom is -0.497 e. The highest BCUT2D eigenvalue weighted by molar-refractivity contribution is 5.93. The Morgan fingerprint density at radius 3 is 2.48 bits per heavy atom. The number of carbonyl (C=O) groups is 2. The van der Waals surface area contributed by atoms with Crippen molar-refractivity contribution in [2.45, 2.75) is 19.3 Å². The Bertz CT molecular complexity index is 460. The molecule has 0 saturated carbocycles. The van der Waals surface area contributed by atoms with Crippen LogP contribution in [0.3, 0.4) is 0 Å². The van der Waals surface area contributed by atoms with Crippen LogP contribution < -0.4 is 15.8 Å². The molecule has 21 heavy (non-hydrogen) atoms. The van der Waals surface area contributed by atoms with E-state index in [4.69, 9.17) is 10.5 Å². The highest BCUT2D eigenvalue weighted by Gasteiger charge is 2.06. The van der Waals surface area contributed by atoms with Gasteiger partial charge in [-0.15, -0.1) is 0 Å². The van der Waals surface area contributed by atoms with Crippen molar-refractivity contribution in [3.05, 3.63) is 29.8 Å². The molecule has 3 amide bonds.